The molecule has 0 radical (unpaired) electrons. The minimum Gasteiger partial charge on any atom is -0.507 e. The Kier molecular flexibility index (Phi) is 6.30. The second-order valence-electron chi connectivity index (χ2n) is 10.0. The first-order chi connectivity index (χ1) is 14.5. The topological polar surface area (TPSA) is 54.4 Å². The number of nitrogens with zero attached hydrogens (tertiary/aromatic N) is 1. The highest BCUT2D eigenvalue weighted by molar-refractivity contribution is 5.55. The fraction of sp³-hybridized carbons (Fsp3) is 0.370. The second kappa shape index (κ2) is 8.62. The van der Waals surface area contributed by atoms with Crippen LogP contribution in [0.25, 0.3) is 0 Å². The highest BCUT2D eigenvalue weighted by Gasteiger charge is 2.28. The second-order valence-corrected chi connectivity index (χ2v) is 10.0. The summed E-state index contributed by atoms with van der Waals surface area (Å²) in [6, 6.07) is 17.7. The quantitative estimate of drug-likeness (QED) is 0.490. The van der Waals surface area contributed by atoms with E-state index in [9.17, 15) is 5.11 Å². The van der Waals surface area contributed by atoms with Crippen LogP contribution in [-0.2, 0) is 10.8 Å². The van der Waals surface area contributed by atoms with Crippen molar-refractivity contribution in [2.75, 3.05) is 12.4 Å². The number of phenolic OH excluding ortho intramolecular Hbond substituents is 1. The Morgan fingerprint density at radius 2 is 1.58 bits per heavy atom. The smallest absolute Gasteiger partial charge is 0.126 e. The van der Waals surface area contributed by atoms with Crippen LogP contribution in [0.1, 0.15) is 69.8 Å². The third kappa shape index (κ3) is 5.19. The molecule has 0 aliphatic carbocycles. The van der Waals surface area contributed by atoms with E-state index in [4.69, 9.17) is 4.74 Å². The summed E-state index contributed by atoms with van der Waals surface area (Å²) in [4.78, 5) is 4.46. The maximum absolute atomic E-state index is 11.4. The molecule has 4 nitrogen and oxygen atoms in total. The summed E-state index contributed by atoms with van der Waals surface area (Å²) in [5.41, 5.74) is 3.73. The average Bonchev–Trinajstić information content (AvgIpc) is 2.71. The Labute approximate surface area is 186 Å². The van der Waals surface area contributed by atoms with Crippen LogP contribution in [0.2, 0.25) is 0 Å². The number of hydrogen-bond acceptors (Lipinski definition) is 4. The predicted octanol–water partition coefficient (Wildman–Crippen LogP) is 6.59. The van der Waals surface area contributed by atoms with Gasteiger partial charge in [0.2, 0.25) is 0 Å². The van der Waals surface area contributed by atoms with Gasteiger partial charge in [0.1, 0.15) is 17.3 Å². The number of phenols is 1. The van der Waals surface area contributed by atoms with Crippen LogP contribution in [0.5, 0.6) is 11.5 Å². The van der Waals surface area contributed by atoms with Gasteiger partial charge in [-0.15, -0.1) is 0 Å². The van der Waals surface area contributed by atoms with E-state index < -0.39 is 0 Å². The number of pyridine rings is 1. The molecule has 1 heterocycles. The number of aromatic hydroxyl groups is 1. The number of aromatic nitrogens is 1. The van der Waals surface area contributed by atoms with Crippen molar-refractivity contribution in [1.82, 2.24) is 4.98 Å². The first-order valence-electron chi connectivity index (χ1n) is 10.7. The fourth-order valence-corrected chi connectivity index (χ4v) is 3.61. The molecule has 4 heteroatoms. The maximum atomic E-state index is 11.4. The van der Waals surface area contributed by atoms with Crippen LogP contribution < -0.4 is 10.1 Å². The van der Waals surface area contributed by atoms with Gasteiger partial charge in [0, 0.05) is 11.8 Å². The van der Waals surface area contributed by atoms with Crippen molar-refractivity contribution < 1.29 is 9.84 Å². The van der Waals surface area contributed by atoms with Crippen LogP contribution in [-0.4, -0.2) is 17.2 Å². The third-order valence-electron chi connectivity index (χ3n) is 5.53. The van der Waals surface area contributed by atoms with Crippen LogP contribution >= 0.6 is 0 Å². The van der Waals surface area contributed by atoms with Crippen LogP contribution in [0.3, 0.4) is 0 Å². The molecule has 0 aliphatic heterocycles. The van der Waals surface area contributed by atoms with Gasteiger partial charge >= 0.3 is 0 Å². The van der Waals surface area contributed by atoms with Gasteiger partial charge in [0.15, 0.2) is 0 Å². The van der Waals surface area contributed by atoms with Crippen molar-refractivity contribution in [2.45, 2.75) is 58.4 Å². The lowest BCUT2D eigenvalue weighted by Gasteiger charge is -2.30. The molecule has 1 aromatic heterocycles. The molecule has 0 saturated carbocycles. The number of ether oxygens (including phenoxy) is 1. The normalized spacial score (nSPS) is 13.0. The lowest BCUT2D eigenvalue weighted by atomic mass is 9.77. The Morgan fingerprint density at radius 1 is 0.903 bits per heavy atom. The van der Waals surface area contributed by atoms with E-state index in [1.54, 1.807) is 13.3 Å². The summed E-state index contributed by atoms with van der Waals surface area (Å²) in [6.45, 7) is 13.0. The fourth-order valence-electron chi connectivity index (χ4n) is 3.61. The molecule has 2 aromatic carbocycles. The standard InChI is InChI=1S/C27H34N2O2/c1-26(2,3)19-16-21(25(30)22(17-19)27(4,5)6)24(29-23-10-8-9-15-28-23)18-11-13-20(31-7)14-12-18/h8-17,24,30H,1-7H3,(H,28,29)/t24-/m1/s1. The van der Waals surface area contributed by atoms with Crippen molar-refractivity contribution in [3.8, 4) is 11.5 Å². The number of methoxy groups -OCH3 is 1. The van der Waals surface area contributed by atoms with Crippen LogP contribution in [0, 0.1) is 0 Å². The Balaban J connectivity index is 2.23. The minimum atomic E-state index is -0.274. The number of benzene rings is 2. The molecular formula is C27H34N2O2. The summed E-state index contributed by atoms with van der Waals surface area (Å²) in [6.07, 6.45) is 1.76. The van der Waals surface area contributed by atoms with Gasteiger partial charge in [-0.25, -0.2) is 4.98 Å². The van der Waals surface area contributed by atoms with Crippen molar-refractivity contribution in [3.63, 3.8) is 0 Å². The Hall–Kier alpha value is -3.01. The van der Waals surface area contributed by atoms with E-state index in [-0.39, 0.29) is 16.9 Å². The Morgan fingerprint density at radius 3 is 2.10 bits per heavy atom. The number of rotatable bonds is 5. The molecule has 31 heavy (non-hydrogen) atoms. The van der Waals surface area contributed by atoms with Gasteiger partial charge in [0.25, 0.3) is 0 Å². The van der Waals surface area contributed by atoms with Gasteiger partial charge in [-0.1, -0.05) is 65.8 Å². The van der Waals surface area contributed by atoms with E-state index >= 15 is 0 Å². The van der Waals surface area contributed by atoms with Crippen molar-refractivity contribution in [2.24, 2.45) is 0 Å². The molecule has 0 fully saturated rings. The van der Waals surface area contributed by atoms with Crippen molar-refractivity contribution in [3.05, 3.63) is 83.0 Å². The zero-order valence-corrected chi connectivity index (χ0v) is 19.7. The molecular weight excluding hydrogens is 384 g/mol. The monoisotopic (exact) mass is 418 g/mol. The number of hydrogen-bond donors (Lipinski definition) is 2. The molecule has 0 spiro atoms. The summed E-state index contributed by atoms with van der Waals surface area (Å²) in [5.74, 6) is 1.87. The highest BCUT2D eigenvalue weighted by Crippen LogP contribution is 2.42. The SMILES string of the molecule is COc1ccc([C@@H](Nc2ccccn2)c2cc(C(C)(C)C)cc(C(C)(C)C)c2O)cc1. The third-order valence-corrected chi connectivity index (χ3v) is 5.53. The van der Waals surface area contributed by atoms with Gasteiger partial charge in [-0.05, 0) is 57.9 Å². The number of nitrogens with one attached hydrogen (secondary N) is 1. The average molecular weight is 419 g/mol. The molecule has 2 N–H and O–H groups in total. The summed E-state index contributed by atoms with van der Waals surface area (Å²) >= 11 is 0. The van der Waals surface area contributed by atoms with Gasteiger partial charge in [-0.3, -0.25) is 0 Å². The molecule has 0 saturated heterocycles. The molecule has 164 valence electrons. The zero-order valence-electron chi connectivity index (χ0n) is 19.7. The Bertz CT molecular complexity index is 1010. The van der Waals surface area contributed by atoms with E-state index in [0.29, 0.717) is 5.75 Å². The zero-order chi connectivity index (χ0) is 22.8. The summed E-state index contributed by atoms with van der Waals surface area (Å²) < 4.78 is 5.34. The minimum absolute atomic E-state index is 0.0576. The molecule has 3 aromatic rings. The van der Waals surface area contributed by atoms with Gasteiger partial charge in [0.05, 0.1) is 13.2 Å². The van der Waals surface area contributed by atoms with E-state index in [1.165, 1.54) is 5.56 Å². The molecule has 0 aliphatic rings. The largest absolute Gasteiger partial charge is 0.507 e. The molecule has 3 rings (SSSR count). The van der Waals surface area contributed by atoms with Crippen molar-refractivity contribution in [1.29, 1.82) is 0 Å². The first kappa shape index (κ1) is 22.7. The van der Waals surface area contributed by atoms with Gasteiger partial charge < -0.3 is 15.2 Å². The molecule has 1 atom stereocenters. The van der Waals surface area contributed by atoms with E-state index in [2.05, 4.69) is 64.0 Å². The van der Waals surface area contributed by atoms with E-state index in [1.807, 2.05) is 42.5 Å². The van der Waals surface area contributed by atoms with E-state index in [0.717, 1.165) is 28.3 Å². The number of anilines is 1. The predicted molar refractivity (Wildman–Crippen MR) is 128 cm³/mol. The lowest BCUT2D eigenvalue weighted by molar-refractivity contribution is 0.414. The maximum Gasteiger partial charge on any atom is 0.126 e. The van der Waals surface area contributed by atoms with Crippen molar-refractivity contribution >= 4 is 5.82 Å². The van der Waals surface area contributed by atoms with Crippen LogP contribution in [0.4, 0.5) is 5.82 Å². The highest BCUT2D eigenvalue weighted by atomic mass is 16.5. The summed E-state index contributed by atoms with van der Waals surface area (Å²) in [7, 11) is 1.66. The lowest BCUT2D eigenvalue weighted by Crippen LogP contribution is -2.20. The van der Waals surface area contributed by atoms with Crippen LogP contribution in [0.15, 0.2) is 60.8 Å². The molecule has 0 amide bonds. The molecule has 0 unspecified atom stereocenters. The summed E-state index contributed by atoms with van der Waals surface area (Å²) in [5, 5.41) is 15.0. The first-order valence-corrected chi connectivity index (χ1v) is 10.7. The molecule has 0 bridgehead atoms. The van der Waals surface area contributed by atoms with Gasteiger partial charge in [-0.2, -0.15) is 0 Å².